The van der Waals surface area contributed by atoms with Crippen molar-refractivity contribution in [2.24, 2.45) is 0 Å². The van der Waals surface area contributed by atoms with Crippen molar-refractivity contribution in [3.63, 3.8) is 0 Å². The molecule has 0 spiro atoms. The lowest BCUT2D eigenvalue weighted by atomic mass is 9.88. The zero-order chi connectivity index (χ0) is 67.6. The topological polar surface area (TPSA) is 629 Å². The Balaban J connectivity index is 1.25. The van der Waals surface area contributed by atoms with Crippen molar-refractivity contribution in [2.45, 2.75) is 261 Å². The van der Waals surface area contributed by atoms with Crippen LogP contribution in [0.2, 0.25) is 0 Å². The quantitative estimate of drug-likeness (QED) is 0.0452. The first kappa shape index (κ1) is 75.0. The number of amides is 3. The van der Waals surface area contributed by atoms with Gasteiger partial charge in [0.05, 0.1) is 57.4 Å². The molecule has 0 aromatic carbocycles. The smallest absolute Gasteiger partial charge is 0.364 e. The summed E-state index contributed by atoms with van der Waals surface area (Å²) in [6, 6.07) is -5.46. The minimum absolute atomic E-state index is 0.824. The van der Waals surface area contributed by atoms with E-state index in [0.717, 1.165) is 20.8 Å². The minimum atomic E-state index is -3.28. The third-order valence-electron chi connectivity index (χ3n) is 16.6. The first-order valence-electron chi connectivity index (χ1n) is 29.0. The Morgan fingerprint density at radius 1 is 0.451 bits per heavy atom. The van der Waals surface area contributed by atoms with E-state index in [1.54, 1.807) is 0 Å². The summed E-state index contributed by atoms with van der Waals surface area (Å²) in [5.74, 6) is -8.09. The molecule has 0 aromatic heterocycles. The predicted octanol–water partition coefficient (Wildman–Crippen LogP) is -14.6. The summed E-state index contributed by atoms with van der Waals surface area (Å²) in [5.41, 5.74) is 0. The molecule has 91 heavy (non-hydrogen) atoms. The van der Waals surface area contributed by atoms with Crippen molar-refractivity contribution in [1.29, 1.82) is 0 Å². The van der Waals surface area contributed by atoms with Crippen LogP contribution >= 0.6 is 0 Å². The van der Waals surface area contributed by atoms with Gasteiger partial charge in [-0.3, -0.25) is 14.4 Å². The van der Waals surface area contributed by atoms with E-state index in [2.05, 4.69) is 16.0 Å². The van der Waals surface area contributed by atoms with Gasteiger partial charge in [0, 0.05) is 27.2 Å². The van der Waals surface area contributed by atoms with Crippen LogP contribution in [-0.2, 0) is 80.8 Å². The molecule has 7 aliphatic heterocycles. The molecule has 36 atom stereocenters. The first-order chi connectivity index (χ1) is 42.8. The SMILES string of the molecule is CC(=O)N[C@H]1[C@H](O[C@H]2[C@@H](O)[C@@H](CO)O[C@@H](O[C@@H]3[C@H](O[C@@H]4O[C@@H](C)[C@@H](O)[C@@H](O)[C@@H]4O)[C@@H](NC(C)=O)C(O)O[C@@H]3CO)[C@@H]2O)O[C@H](CO)[C@@H](O[C@@H]2O[C@H](CO)[C@H](O)[C@H](O[C@]3(C(=O)O)C[C@H](O)[C@@H](NC(C)=O)[C@H]([C@H](O)[C@H](O)CO)O3)[C@H]2O)[C@@H]1O[C@@H]1O[C@@H](C)[C@@H](O)[C@@H](O)[C@@H]1O. The van der Waals surface area contributed by atoms with Gasteiger partial charge < -0.3 is 180 Å². The Hall–Kier alpha value is -3.40. The number of aliphatic hydroxyl groups is 19. The lowest BCUT2D eigenvalue weighted by molar-refractivity contribution is -0.400. The monoisotopic (exact) mass is 1330 g/mol. The Kier molecular flexibility index (Phi) is 26.1. The molecule has 40 heteroatoms. The summed E-state index contributed by atoms with van der Waals surface area (Å²) in [6.45, 7) is -0.361. The average Bonchev–Trinajstić information content (AvgIpc) is 0.772. The van der Waals surface area contributed by atoms with E-state index in [1.807, 2.05) is 0 Å². The molecule has 7 saturated heterocycles. The van der Waals surface area contributed by atoms with Crippen molar-refractivity contribution < 1.29 is 183 Å². The van der Waals surface area contributed by atoms with Gasteiger partial charge in [-0.2, -0.15) is 0 Å². The molecule has 7 fully saturated rings. The summed E-state index contributed by atoms with van der Waals surface area (Å²) < 4.78 is 76.9. The van der Waals surface area contributed by atoms with Crippen molar-refractivity contribution in [3.05, 3.63) is 0 Å². The highest BCUT2D eigenvalue weighted by molar-refractivity contribution is 5.77. The Morgan fingerprint density at radius 3 is 1.29 bits per heavy atom. The normalized spacial score (nSPS) is 48.0. The lowest BCUT2D eigenvalue weighted by Gasteiger charge is -2.52. The number of carbonyl (C=O) groups excluding carboxylic acids is 3. The van der Waals surface area contributed by atoms with Crippen molar-refractivity contribution >= 4 is 23.7 Å². The van der Waals surface area contributed by atoms with Gasteiger partial charge in [0.1, 0.15) is 152 Å². The molecule has 1 unspecified atom stereocenters. The molecule has 7 aliphatic rings. The van der Waals surface area contributed by atoms with Crippen LogP contribution in [0.15, 0.2) is 0 Å². The van der Waals surface area contributed by atoms with E-state index < -0.39 is 284 Å². The molecule has 0 bridgehead atoms. The van der Waals surface area contributed by atoms with Crippen LogP contribution in [0.5, 0.6) is 0 Å². The summed E-state index contributed by atoms with van der Waals surface area (Å²) >= 11 is 0. The second-order valence-electron chi connectivity index (χ2n) is 23.2. The van der Waals surface area contributed by atoms with Crippen LogP contribution in [0.3, 0.4) is 0 Å². The van der Waals surface area contributed by atoms with Crippen LogP contribution in [0.25, 0.3) is 0 Å². The number of rotatable bonds is 23. The number of aliphatic hydroxyl groups excluding tert-OH is 19. The van der Waals surface area contributed by atoms with E-state index in [4.69, 9.17) is 61.6 Å². The zero-order valence-corrected chi connectivity index (χ0v) is 49.3. The van der Waals surface area contributed by atoms with Gasteiger partial charge in [-0.15, -0.1) is 0 Å². The largest absolute Gasteiger partial charge is 0.477 e. The maximum atomic E-state index is 13.4. The third kappa shape index (κ3) is 16.2. The first-order valence-corrected chi connectivity index (χ1v) is 29.0. The van der Waals surface area contributed by atoms with Gasteiger partial charge in [-0.05, 0) is 13.8 Å². The van der Waals surface area contributed by atoms with Crippen molar-refractivity contribution in [1.82, 2.24) is 16.0 Å². The fourth-order valence-electron chi connectivity index (χ4n) is 11.8. The van der Waals surface area contributed by atoms with Gasteiger partial charge >= 0.3 is 5.97 Å². The Labute approximate surface area is 516 Å². The van der Waals surface area contributed by atoms with E-state index in [0.29, 0.717) is 0 Å². The second kappa shape index (κ2) is 31.6. The standard InChI is InChI=1S/C51H85N3O37/c1-12-26(65)31(70)33(72)46(79-12)87-40-24(53-15(4)61)44(76)81-21(10-58)37(40)85-48-35(74)42(29(68)19(8-56)82-48)89-45-25(54-16(5)62)41(88-47-34(73)32(71)27(66)13(2)80-47)38(22(11-59)84-45)86-49-36(75)43(30(69)20(9-57)83-49)91-51(50(77)78)6-17(63)23(52-14(3)60)39(90-51)28(67)18(64)7-55/h12-13,17-49,55-59,63-76H,6-11H2,1-5H3,(H,52,60)(H,53,61)(H,54,62)(H,77,78)/t12-,13-,17-,18+,19+,20+,21+,22+,23+,24+,25+,26+,27+,28+,29-,30-,31+,32+,33-,34-,35+,36+,37-,38+,39+,40+,41+,42-,43-,44?,45-,46-,47-,48-,49-,51-/m0/s1. The zero-order valence-electron chi connectivity index (χ0n) is 49.3. The molecule has 0 aliphatic carbocycles. The summed E-state index contributed by atoms with van der Waals surface area (Å²) in [6.07, 6.45) is -66.4. The number of nitrogens with one attached hydrogen (secondary N) is 3. The van der Waals surface area contributed by atoms with Gasteiger partial charge in [0.2, 0.25) is 17.7 Å². The number of hydrogen-bond acceptors (Lipinski definition) is 36. The molecule has 23 N–H and O–H groups in total. The number of carbonyl (C=O) groups is 4. The third-order valence-corrected chi connectivity index (χ3v) is 16.6. The fourth-order valence-corrected chi connectivity index (χ4v) is 11.8. The highest BCUT2D eigenvalue weighted by atomic mass is 16.8. The van der Waals surface area contributed by atoms with E-state index in [-0.39, 0.29) is 0 Å². The molecular weight excluding hydrogens is 1250 g/mol. The fraction of sp³-hybridized carbons (Fsp3) is 0.922. The van der Waals surface area contributed by atoms with Crippen molar-refractivity contribution in [2.75, 3.05) is 33.0 Å². The van der Waals surface area contributed by atoms with Crippen LogP contribution in [0.1, 0.15) is 41.0 Å². The van der Waals surface area contributed by atoms with E-state index >= 15 is 0 Å². The molecule has 7 rings (SSSR count). The Bertz CT molecular complexity index is 2380. The van der Waals surface area contributed by atoms with Crippen LogP contribution in [0, 0.1) is 0 Å². The molecule has 40 nitrogen and oxygen atoms in total. The van der Waals surface area contributed by atoms with Crippen molar-refractivity contribution in [3.8, 4) is 0 Å². The van der Waals surface area contributed by atoms with Gasteiger partial charge in [-0.25, -0.2) is 4.79 Å². The average molecular weight is 1330 g/mol. The summed E-state index contributed by atoms with van der Waals surface area (Å²) in [4.78, 5) is 51.4. The highest BCUT2D eigenvalue weighted by Crippen LogP contribution is 2.41. The minimum Gasteiger partial charge on any atom is -0.477 e. The molecule has 0 aromatic rings. The number of aliphatic carboxylic acids is 1. The van der Waals surface area contributed by atoms with Gasteiger partial charge in [-0.1, -0.05) is 0 Å². The molecule has 0 saturated carbocycles. The highest BCUT2D eigenvalue weighted by Gasteiger charge is 2.62. The number of carboxylic acid groups (broad SMARTS) is 1. The molecule has 7 heterocycles. The maximum Gasteiger partial charge on any atom is 0.364 e. The van der Waals surface area contributed by atoms with Crippen LogP contribution in [-0.4, -0.2) is 379 Å². The molecular formula is C51H85N3O37. The second-order valence-corrected chi connectivity index (χ2v) is 23.2. The van der Waals surface area contributed by atoms with Gasteiger partial charge in [0.15, 0.2) is 37.7 Å². The number of hydrogen-bond donors (Lipinski definition) is 23. The summed E-state index contributed by atoms with van der Waals surface area (Å²) in [5, 5.41) is 227. The van der Waals surface area contributed by atoms with Gasteiger partial charge in [0.25, 0.3) is 5.79 Å². The number of ether oxygens (including phenoxy) is 13. The summed E-state index contributed by atoms with van der Waals surface area (Å²) in [7, 11) is 0. The van der Waals surface area contributed by atoms with E-state index in [9.17, 15) is 121 Å². The molecule has 526 valence electrons. The predicted molar refractivity (Wildman–Crippen MR) is 281 cm³/mol. The molecule has 0 radical (unpaired) electrons. The van der Waals surface area contributed by atoms with Crippen LogP contribution < -0.4 is 16.0 Å². The maximum absolute atomic E-state index is 13.4. The lowest BCUT2D eigenvalue weighted by Crippen LogP contribution is -2.72. The Morgan fingerprint density at radius 2 is 0.835 bits per heavy atom. The van der Waals surface area contributed by atoms with Crippen LogP contribution in [0.4, 0.5) is 0 Å². The van der Waals surface area contributed by atoms with E-state index in [1.165, 1.54) is 13.8 Å². The number of carboxylic acids is 1. The molecule has 3 amide bonds.